The van der Waals surface area contributed by atoms with Crippen LogP contribution in [0.2, 0.25) is 25.7 Å². The number of rotatable bonds is 11. The molecular formula is C34H42F2N6O5Si. The number of hydrogen-bond acceptors (Lipinski definition) is 8. The van der Waals surface area contributed by atoms with E-state index < -0.39 is 32.8 Å². The highest BCUT2D eigenvalue weighted by molar-refractivity contribution is 6.76. The minimum Gasteiger partial charge on any atom is -0.486 e. The van der Waals surface area contributed by atoms with E-state index in [4.69, 9.17) is 24.3 Å². The Morgan fingerprint density at radius 3 is 2.56 bits per heavy atom. The maximum atomic E-state index is 13.7. The topological polar surface area (TPSA) is 125 Å². The van der Waals surface area contributed by atoms with E-state index in [0.29, 0.717) is 52.9 Å². The number of likely N-dealkylation sites (tertiary alicyclic amines) is 1. The van der Waals surface area contributed by atoms with Gasteiger partial charge in [-0.2, -0.15) is 10.4 Å². The van der Waals surface area contributed by atoms with Gasteiger partial charge in [-0.25, -0.2) is 23.2 Å². The third kappa shape index (κ3) is 8.19. The summed E-state index contributed by atoms with van der Waals surface area (Å²) >= 11 is 0. The number of nitriles is 1. The van der Waals surface area contributed by atoms with Gasteiger partial charge in [0.25, 0.3) is 12.0 Å². The van der Waals surface area contributed by atoms with Gasteiger partial charge in [0.2, 0.25) is 0 Å². The lowest BCUT2D eigenvalue weighted by molar-refractivity contribution is 0.0288. The summed E-state index contributed by atoms with van der Waals surface area (Å²) in [6.07, 6.45) is -2.40. The molecule has 0 N–H and O–H groups in total. The van der Waals surface area contributed by atoms with Crippen LogP contribution in [-0.2, 0) is 22.6 Å². The van der Waals surface area contributed by atoms with Gasteiger partial charge in [-0.05, 0) is 45.4 Å². The third-order valence-corrected chi connectivity index (χ3v) is 9.73. The molecule has 1 fully saturated rings. The molecule has 1 atom stereocenters. The summed E-state index contributed by atoms with van der Waals surface area (Å²) in [6.45, 7) is 12.7. The zero-order valence-corrected chi connectivity index (χ0v) is 29.3. The molecule has 1 aliphatic rings. The molecule has 48 heavy (non-hydrogen) atoms. The highest BCUT2D eigenvalue weighted by Crippen LogP contribution is 2.29. The van der Waals surface area contributed by atoms with Crippen LogP contribution in [0.25, 0.3) is 21.8 Å². The Morgan fingerprint density at radius 1 is 1.17 bits per heavy atom. The second kappa shape index (κ2) is 14.0. The van der Waals surface area contributed by atoms with Crippen molar-refractivity contribution < 1.29 is 27.8 Å². The third-order valence-electron chi connectivity index (χ3n) is 8.02. The molecule has 1 aliphatic heterocycles. The molecule has 2 aromatic heterocycles. The quantitative estimate of drug-likeness (QED) is 0.133. The molecule has 1 unspecified atom stereocenters. The number of halogens is 2. The predicted octanol–water partition coefficient (Wildman–Crippen LogP) is 6.35. The molecule has 11 nitrogen and oxygen atoms in total. The second-order valence-corrected chi connectivity index (χ2v) is 19.9. The summed E-state index contributed by atoms with van der Waals surface area (Å²) < 4.78 is 46.2. The largest absolute Gasteiger partial charge is 0.486 e. The number of nitrogens with zero attached hydrogens (tertiary/aromatic N) is 6. The van der Waals surface area contributed by atoms with E-state index in [1.165, 1.54) is 10.7 Å². The highest BCUT2D eigenvalue weighted by atomic mass is 28.3. The Bertz CT molecular complexity index is 1910. The van der Waals surface area contributed by atoms with Gasteiger partial charge in [0.15, 0.2) is 0 Å². The molecule has 4 aromatic rings. The van der Waals surface area contributed by atoms with E-state index in [2.05, 4.69) is 19.6 Å². The van der Waals surface area contributed by atoms with E-state index in [-0.39, 0.29) is 42.6 Å². The number of benzene rings is 2. The number of aromatic nitrogens is 4. The summed E-state index contributed by atoms with van der Waals surface area (Å²) in [5, 5.41) is 15.8. The fraction of sp³-hybridized carbons (Fsp3) is 0.500. The van der Waals surface area contributed by atoms with Gasteiger partial charge in [0, 0.05) is 39.2 Å². The van der Waals surface area contributed by atoms with E-state index in [1.807, 2.05) is 43.5 Å². The number of hydrogen-bond donors (Lipinski definition) is 0. The lowest BCUT2D eigenvalue weighted by Crippen LogP contribution is -2.36. The molecule has 0 radical (unpaired) electrons. The van der Waals surface area contributed by atoms with Crippen molar-refractivity contribution in [3.63, 3.8) is 0 Å². The van der Waals surface area contributed by atoms with Crippen molar-refractivity contribution in [3.8, 4) is 11.8 Å². The maximum absolute atomic E-state index is 13.7. The minimum atomic E-state index is -2.70. The van der Waals surface area contributed by atoms with Crippen LogP contribution in [0.1, 0.15) is 50.3 Å². The van der Waals surface area contributed by atoms with Crippen molar-refractivity contribution in [3.05, 3.63) is 63.8 Å². The van der Waals surface area contributed by atoms with Crippen molar-refractivity contribution in [2.45, 2.75) is 84.1 Å². The molecule has 0 saturated carbocycles. The lowest BCUT2D eigenvalue weighted by Gasteiger charge is -2.24. The first-order valence-electron chi connectivity index (χ1n) is 16.0. The number of carbonyl (C=O) groups is 1. The number of ether oxygens (including phenoxy) is 3. The number of carbonyl (C=O) groups excluding carboxylic acids is 1. The summed E-state index contributed by atoms with van der Waals surface area (Å²) in [4.78, 5) is 33.0. The van der Waals surface area contributed by atoms with Crippen LogP contribution in [0, 0.1) is 11.3 Å². The van der Waals surface area contributed by atoms with Gasteiger partial charge in [-0.15, -0.1) is 0 Å². The van der Waals surface area contributed by atoms with E-state index in [1.54, 1.807) is 23.1 Å². The van der Waals surface area contributed by atoms with E-state index in [9.17, 15) is 23.6 Å². The van der Waals surface area contributed by atoms with Gasteiger partial charge < -0.3 is 23.7 Å². The van der Waals surface area contributed by atoms with Gasteiger partial charge in [-0.3, -0.25) is 4.79 Å². The molecule has 0 spiro atoms. The van der Waals surface area contributed by atoms with Crippen LogP contribution in [0.15, 0.2) is 41.2 Å². The summed E-state index contributed by atoms with van der Waals surface area (Å²) in [7, 11) is -1.37. The molecule has 14 heteroatoms. The zero-order valence-electron chi connectivity index (χ0n) is 28.3. The summed E-state index contributed by atoms with van der Waals surface area (Å²) in [6, 6.07) is 12.9. The molecular weight excluding hydrogens is 638 g/mol. The van der Waals surface area contributed by atoms with Gasteiger partial charge in [0.05, 0.1) is 40.1 Å². The van der Waals surface area contributed by atoms with Gasteiger partial charge in [0.1, 0.15) is 36.6 Å². The normalized spacial score (nSPS) is 15.4. The molecule has 256 valence electrons. The zero-order chi connectivity index (χ0) is 34.8. The summed E-state index contributed by atoms with van der Waals surface area (Å²) in [5.74, 6) is 0.576. The molecule has 3 heterocycles. The fourth-order valence-corrected chi connectivity index (χ4v) is 6.37. The Balaban J connectivity index is 1.55. The molecule has 1 saturated heterocycles. The van der Waals surface area contributed by atoms with Crippen molar-refractivity contribution in [2.75, 3.05) is 26.3 Å². The SMILES string of the molecule is CC(C)(C)OC(=O)N1CCC(n2nc(Cc3nc4cc(OCC(F)F)c(C#N)cc4n3COCC[Si](C)(C)C)c3ccccc3c2=O)C1. The molecule has 0 bridgehead atoms. The molecule has 5 rings (SSSR count). The van der Waals surface area contributed by atoms with Crippen LogP contribution in [0.3, 0.4) is 0 Å². The fourth-order valence-electron chi connectivity index (χ4n) is 5.61. The van der Waals surface area contributed by atoms with Crippen LogP contribution in [0.4, 0.5) is 13.6 Å². The Kier molecular flexibility index (Phi) is 10.2. The maximum Gasteiger partial charge on any atom is 0.410 e. The van der Waals surface area contributed by atoms with Crippen molar-refractivity contribution >= 4 is 36.0 Å². The first kappa shape index (κ1) is 35.0. The van der Waals surface area contributed by atoms with Crippen LogP contribution < -0.4 is 10.3 Å². The van der Waals surface area contributed by atoms with Crippen molar-refractivity contribution in [2.24, 2.45) is 0 Å². The van der Waals surface area contributed by atoms with Crippen LogP contribution >= 0.6 is 0 Å². The Labute approximate surface area is 279 Å². The second-order valence-electron chi connectivity index (χ2n) is 14.2. The number of imidazole rings is 1. The van der Waals surface area contributed by atoms with Crippen molar-refractivity contribution in [1.82, 2.24) is 24.2 Å². The molecule has 1 amide bonds. The number of alkyl halides is 2. The Hall–Kier alpha value is -4.35. The van der Waals surface area contributed by atoms with Crippen molar-refractivity contribution in [1.29, 1.82) is 5.26 Å². The average Bonchev–Trinajstić information content (AvgIpc) is 3.63. The standard InChI is InChI=1S/C34H42F2N6O5Si/c1-34(2,3)47-33(44)40-12-11-23(19-40)42-32(43)25-10-8-7-9-24(25)26(39-42)17-31-38-27-16-29(46-20-30(35)36)22(18-37)15-28(27)41(31)21-45-13-14-48(4,5)6/h7-10,15-16,23,30H,11-14,17,19-21H2,1-6H3. The smallest absolute Gasteiger partial charge is 0.410 e. The van der Waals surface area contributed by atoms with E-state index >= 15 is 0 Å². The lowest BCUT2D eigenvalue weighted by atomic mass is 10.1. The van der Waals surface area contributed by atoms with Crippen LogP contribution in [0.5, 0.6) is 5.75 Å². The molecule has 0 aliphatic carbocycles. The summed E-state index contributed by atoms with van der Waals surface area (Å²) in [5.41, 5.74) is 0.825. The minimum absolute atomic E-state index is 0.0223. The monoisotopic (exact) mass is 680 g/mol. The van der Waals surface area contributed by atoms with Gasteiger partial charge >= 0.3 is 6.09 Å². The Morgan fingerprint density at radius 2 is 1.90 bits per heavy atom. The average molecular weight is 681 g/mol. The van der Waals surface area contributed by atoms with E-state index in [0.717, 1.165) is 6.04 Å². The highest BCUT2D eigenvalue weighted by Gasteiger charge is 2.32. The number of fused-ring (bicyclic) bond motifs is 2. The van der Waals surface area contributed by atoms with Crippen LogP contribution in [-0.4, -0.2) is 76.7 Å². The molecule has 2 aromatic carbocycles. The van der Waals surface area contributed by atoms with Gasteiger partial charge in [-0.1, -0.05) is 37.8 Å². The first-order valence-corrected chi connectivity index (χ1v) is 19.7. The first-order chi connectivity index (χ1) is 22.6. The number of amides is 1. The predicted molar refractivity (Wildman–Crippen MR) is 180 cm³/mol.